The van der Waals surface area contributed by atoms with Gasteiger partial charge < -0.3 is 4.90 Å². The third kappa shape index (κ3) is 2.99. The molecule has 19 heavy (non-hydrogen) atoms. The van der Waals surface area contributed by atoms with Crippen molar-refractivity contribution in [1.82, 2.24) is 9.88 Å². The second-order valence-electron chi connectivity index (χ2n) is 4.68. The maximum absolute atomic E-state index is 11.9. The predicted octanol–water partition coefficient (Wildman–Crippen LogP) is 3.01. The Morgan fingerprint density at radius 2 is 1.89 bits per heavy atom. The molecule has 0 atom stereocenters. The average Bonchev–Trinajstić information content (AvgIpc) is 2.46. The van der Waals surface area contributed by atoms with E-state index in [-0.39, 0.29) is 5.91 Å². The lowest BCUT2D eigenvalue weighted by atomic mass is 10.0. The van der Waals surface area contributed by atoms with E-state index in [0.717, 1.165) is 17.5 Å². The molecule has 0 aliphatic rings. The monoisotopic (exact) mass is 254 g/mol. The fourth-order valence-electron chi connectivity index (χ4n) is 1.93. The summed E-state index contributed by atoms with van der Waals surface area (Å²) in [6, 6.07) is 12.1. The van der Waals surface area contributed by atoms with Crippen LogP contribution in [-0.2, 0) is 6.42 Å². The van der Waals surface area contributed by atoms with Crippen LogP contribution in [0, 0.1) is 0 Å². The van der Waals surface area contributed by atoms with Gasteiger partial charge in [-0.05, 0) is 35.2 Å². The molecule has 1 aromatic carbocycles. The van der Waals surface area contributed by atoms with E-state index in [2.05, 4.69) is 30.1 Å². The van der Waals surface area contributed by atoms with E-state index < -0.39 is 0 Å². The number of nitrogens with zero attached hydrogens (tertiary/aromatic N) is 2. The molecule has 0 aliphatic carbocycles. The van der Waals surface area contributed by atoms with Gasteiger partial charge in [-0.2, -0.15) is 0 Å². The number of hydrogen-bond acceptors (Lipinski definition) is 2. The summed E-state index contributed by atoms with van der Waals surface area (Å²) < 4.78 is 0. The number of amides is 1. The van der Waals surface area contributed by atoms with Crippen LogP contribution in [0.25, 0.3) is 11.1 Å². The van der Waals surface area contributed by atoms with Crippen molar-refractivity contribution in [3.63, 3.8) is 0 Å². The van der Waals surface area contributed by atoms with Crippen molar-refractivity contribution in [2.24, 2.45) is 0 Å². The fraction of sp³-hybridized carbons (Fsp3) is 0.250. The minimum absolute atomic E-state index is 0.0755. The van der Waals surface area contributed by atoms with E-state index in [4.69, 9.17) is 0 Å². The van der Waals surface area contributed by atoms with Crippen LogP contribution >= 0.6 is 0 Å². The number of benzene rings is 1. The van der Waals surface area contributed by atoms with E-state index in [0.29, 0.717) is 5.69 Å². The second-order valence-corrected chi connectivity index (χ2v) is 4.68. The van der Waals surface area contributed by atoms with Gasteiger partial charge in [-0.1, -0.05) is 31.2 Å². The highest BCUT2D eigenvalue weighted by Gasteiger charge is 2.10. The number of carbonyl (C=O) groups is 1. The Kier molecular flexibility index (Phi) is 3.95. The van der Waals surface area contributed by atoms with Crippen LogP contribution in [0.4, 0.5) is 0 Å². The second kappa shape index (κ2) is 5.65. The zero-order valence-electron chi connectivity index (χ0n) is 11.6. The van der Waals surface area contributed by atoms with Crippen molar-refractivity contribution >= 4 is 5.91 Å². The van der Waals surface area contributed by atoms with Crippen molar-refractivity contribution in [2.75, 3.05) is 14.1 Å². The zero-order chi connectivity index (χ0) is 13.8. The Hall–Kier alpha value is -2.16. The summed E-state index contributed by atoms with van der Waals surface area (Å²) >= 11 is 0. The quantitative estimate of drug-likeness (QED) is 0.843. The highest BCUT2D eigenvalue weighted by molar-refractivity contribution is 5.93. The van der Waals surface area contributed by atoms with Crippen molar-refractivity contribution in [1.29, 1.82) is 0 Å². The van der Waals surface area contributed by atoms with E-state index in [1.807, 2.05) is 18.2 Å². The third-order valence-corrected chi connectivity index (χ3v) is 3.05. The molecule has 3 heteroatoms. The van der Waals surface area contributed by atoms with Crippen molar-refractivity contribution in [3.8, 4) is 11.1 Å². The summed E-state index contributed by atoms with van der Waals surface area (Å²) in [6.45, 7) is 2.13. The van der Waals surface area contributed by atoms with E-state index in [1.54, 1.807) is 20.3 Å². The number of hydrogen-bond donors (Lipinski definition) is 0. The molecule has 0 saturated carbocycles. The van der Waals surface area contributed by atoms with Gasteiger partial charge in [0.1, 0.15) is 5.69 Å². The van der Waals surface area contributed by atoms with Gasteiger partial charge in [0.05, 0.1) is 0 Å². The lowest BCUT2D eigenvalue weighted by Gasteiger charge is -2.10. The SMILES string of the molecule is CCc1cccc(-c2ccnc(C(=O)N(C)C)c2)c1. The third-order valence-electron chi connectivity index (χ3n) is 3.05. The molecular weight excluding hydrogens is 236 g/mol. The molecule has 0 fully saturated rings. The first-order valence-corrected chi connectivity index (χ1v) is 6.39. The molecule has 1 heterocycles. The van der Waals surface area contributed by atoms with Gasteiger partial charge in [0.15, 0.2) is 0 Å². The molecule has 0 bridgehead atoms. The van der Waals surface area contributed by atoms with Crippen LogP contribution in [0.2, 0.25) is 0 Å². The van der Waals surface area contributed by atoms with Crippen LogP contribution in [0.3, 0.4) is 0 Å². The molecular formula is C16H18N2O. The molecule has 98 valence electrons. The molecule has 1 aromatic heterocycles. The molecule has 0 spiro atoms. The molecule has 2 aromatic rings. The highest BCUT2D eigenvalue weighted by atomic mass is 16.2. The average molecular weight is 254 g/mol. The maximum Gasteiger partial charge on any atom is 0.271 e. The van der Waals surface area contributed by atoms with Crippen LogP contribution in [-0.4, -0.2) is 29.9 Å². The predicted molar refractivity (Wildman–Crippen MR) is 77.1 cm³/mol. The smallest absolute Gasteiger partial charge is 0.271 e. The van der Waals surface area contributed by atoms with Gasteiger partial charge in [0, 0.05) is 20.3 Å². The fourth-order valence-corrected chi connectivity index (χ4v) is 1.93. The minimum atomic E-state index is -0.0755. The van der Waals surface area contributed by atoms with Crippen LogP contribution in [0.5, 0.6) is 0 Å². The molecule has 3 nitrogen and oxygen atoms in total. The van der Waals surface area contributed by atoms with Gasteiger partial charge in [0.25, 0.3) is 5.91 Å². The van der Waals surface area contributed by atoms with Crippen molar-refractivity contribution < 1.29 is 4.79 Å². The summed E-state index contributed by atoms with van der Waals surface area (Å²) in [5, 5.41) is 0. The summed E-state index contributed by atoms with van der Waals surface area (Å²) in [4.78, 5) is 17.6. The Bertz CT molecular complexity index is 591. The first-order valence-electron chi connectivity index (χ1n) is 6.39. The standard InChI is InChI=1S/C16H18N2O/c1-4-12-6-5-7-13(10-12)14-8-9-17-15(11-14)16(19)18(2)3/h5-11H,4H2,1-3H3. The topological polar surface area (TPSA) is 33.2 Å². The molecule has 1 amide bonds. The Morgan fingerprint density at radius 1 is 1.16 bits per heavy atom. The Balaban J connectivity index is 2.40. The van der Waals surface area contributed by atoms with Crippen LogP contribution in [0.15, 0.2) is 42.6 Å². The first-order chi connectivity index (χ1) is 9.11. The molecule has 0 radical (unpaired) electrons. The van der Waals surface area contributed by atoms with Crippen LogP contribution < -0.4 is 0 Å². The van der Waals surface area contributed by atoms with Crippen LogP contribution in [0.1, 0.15) is 23.0 Å². The molecule has 0 aliphatic heterocycles. The number of pyridine rings is 1. The Labute approximate surface area is 113 Å². The first kappa shape index (κ1) is 13.3. The molecule has 2 rings (SSSR count). The largest absolute Gasteiger partial charge is 0.343 e. The summed E-state index contributed by atoms with van der Waals surface area (Å²) in [5.74, 6) is -0.0755. The minimum Gasteiger partial charge on any atom is -0.343 e. The number of aromatic nitrogens is 1. The summed E-state index contributed by atoms with van der Waals surface area (Å²) in [6.07, 6.45) is 2.69. The normalized spacial score (nSPS) is 10.3. The summed E-state index contributed by atoms with van der Waals surface area (Å²) in [5.41, 5.74) is 3.91. The lowest BCUT2D eigenvalue weighted by Crippen LogP contribution is -2.22. The van der Waals surface area contributed by atoms with Crippen molar-refractivity contribution in [2.45, 2.75) is 13.3 Å². The number of rotatable bonds is 3. The van der Waals surface area contributed by atoms with Gasteiger partial charge in [-0.25, -0.2) is 0 Å². The van der Waals surface area contributed by atoms with Gasteiger partial charge in [-0.15, -0.1) is 0 Å². The van der Waals surface area contributed by atoms with Gasteiger partial charge in [0.2, 0.25) is 0 Å². The van der Waals surface area contributed by atoms with Gasteiger partial charge in [-0.3, -0.25) is 9.78 Å². The highest BCUT2D eigenvalue weighted by Crippen LogP contribution is 2.21. The number of carbonyl (C=O) groups excluding carboxylic acids is 1. The van der Waals surface area contributed by atoms with E-state index >= 15 is 0 Å². The number of aryl methyl sites for hydroxylation is 1. The van der Waals surface area contributed by atoms with E-state index in [1.165, 1.54) is 10.5 Å². The molecule has 0 saturated heterocycles. The van der Waals surface area contributed by atoms with Crippen molar-refractivity contribution in [3.05, 3.63) is 53.9 Å². The van der Waals surface area contributed by atoms with E-state index in [9.17, 15) is 4.79 Å². The maximum atomic E-state index is 11.9. The molecule has 0 unspecified atom stereocenters. The lowest BCUT2D eigenvalue weighted by molar-refractivity contribution is 0.0822. The van der Waals surface area contributed by atoms with Gasteiger partial charge >= 0.3 is 0 Å². The molecule has 0 N–H and O–H groups in total. The zero-order valence-corrected chi connectivity index (χ0v) is 11.6. The summed E-state index contributed by atoms with van der Waals surface area (Å²) in [7, 11) is 3.46. The Morgan fingerprint density at radius 3 is 2.58 bits per heavy atom.